The summed E-state index contributed by atoms with van der Waals surface area (Å²) in [7, 11) is 0. The quantitative estimate of drug-likeness (QED) is 0.582. The molecule has 53 valence electrons. The maximum Gasteiger partial charge on any atom is -0.0152 e. The largest absolute Gasteiger partial charge is 0.0651 e. The second-order valence-electron chi connectivity index (χ2n) is 2.63. The molecule has 1 aromatic rings. The van der Waals surface area contributed by atoms with Crippen molar-refractivity contribution >= 4 is 0 Å². The first-order valence-electron chi connectivity index (χ1n) is 3.80. The Labute approximate surface area is 62.9 Å². The fraction of sp³-hybridized carbons (Fsp3) is 0.400. The third kappa shape index (κ3) is 1.87. The smallest absolute Gasteiger partial charge is 0.0152 e. The van der Waals surface area contributed by atoms with E-state index in [9.17, 15) is 0 Å². The van der Waals surface area contributed by atoms with Crippen LogP contribution in [-0.4, -0.2) is 0 Å². The van der Waals surface area contributed by atoms with E-state index in [0.29, 0.717) is 0 Å². The van der Waals surface area contributed by atoms with Gasteiger partial charge in [-0.1, -0.05) is 31.5 Å². The molecule has 1 radical (unpaired) electrons. The van der Waals surface area contributed by atoms with Crippen LogP contribution in [0, 0.1) is 13.0 Å². The molecule has 0 unspecified atom stereocenters. The van der Waals surface area contributed by atoms with Gasteiger partial charge in [-0.3, -0.25) is 0 Å². The number of rotatable bonds is 2. The summed E-state index contributed by atoms with van der Waals surface area (Å²) in [5.74, 6) is 0. The van der Waals surface area contributed by atoms with Crippen LogP contribution in [0.5, 0.6) is 0 Å². The van der Waals surface area contributed by atoms with Crippen LogP contribution in [0.2, 0.25) is 0 Å². The van der Waals surface area contributed by atoms with Gasteiger partial charge in [-0.05, 0) is 30.5 Å². The molecule has 0 aliphatic carbocycles. The molecule has 0 fully saturated rings. The third-order valence-electron chi connectivity index (χ3n) is 1.55. The minimum Gasteiger partial charge on any atom is -0.0651 e. The summed E-state index contributed by atoms with van der Waals surface area (Å²) < 4.78 is 0. The maximum atomic E-state index is 3.13. The Morgan fingerprint density at radius 2 is 2.30 bits per heavy atom. The molecule has 0 heterocycles. The van der Waals surface area contributed by atoms with Crippen molar-refractivity contribution in [2.75, 3.05) is 0 Å². The molecule has 0 heteroatoms. The van der Waals surface area contributed by atoms with E-state index >= 15 is 0 Å². The van der Waals surface area contributed by atoms with Crippen molar-refractivity contribution < 1.29 is 0 Å². The monoisotopic (exact) mass is 133 g/mol. The fourth-order valence-electron chi connectivity index (χ4n) is 1.09. The average molecular weight is 133 g/mol. The van der Waals surface area contributed by atoms with E-state index in [1.165, 1.54) is 24.0 Å². The lowest BCUT2D eigenvalue weighted by Crippen LogP contribution is -1.82. The van der Waals surface area contributed by atoms with E-state index < -0.39 is 0 Å². The number of aryl methyl sites for hydroxylation is 2. The normalized spacial score (nSPS) is 9.80. The summed E-state index contributed by atoms with van der Waals surface area (Å²) in [6.07, 6.45) is 2.42. The molecule has 0 saturated heterocycles. The lowest BCUT2D eigenvalue weighted by molar-refractivity contribution is 0.920. The van der Waals surface area contributed by atoms with Gasteiger partial charge in [-0.2, -0.15) is 0 Å². The summed E-state index contributed by atoms with van der Waals surface area (Å²) in [5, 5.41) is 0. The second-order valence-corrected chi connectivity index (χ2v) is 2.63. The van der Waals surface area contributed by atoms with Crippen molar-refractivity contribution in [2.24, 2.45) is 0 Å². The Kier molecular flexibility index (Phi) is 2.49. The van der Waals surface area contributed by atoms with Crippen LogP contribution in [0.25, 0.3) is 0 Å². The van der Waals surface area contributed by atoms with E-state index in [2.05, 4.69) is 32.0 Å². The Hall–Kier alpha value is -0.780. The summed E-state index contributed by atoms with van der Waals surface area (Å²) in [6.45, 7) is 4.28. The van der Waals surface area contributed by atoms with Gasteiger partial charge in [0.1, 0.15) is 0 Å². The number of hydrogen-bond acceptors (Lipinski definition) is 0. The van der Waals surface area contributed by atoms with Crippen molar-refractivity contribution in [3.05, 3.63) is 35.4 Å². The molecule has 0 amide bonds. The lowest BCUT2D eigenvalue weighted by atomic mass is 10.1. The molecule has 0 spiro atoms. The molecule has 1 aromatic carbocycles. The van der Waals surface area contributed by atoms with E-state index in [1.54, 1.807) is 0 Å². The van der Waals surface area contributed by atoms with Gasteiger partial charge in [0.05, 0.1) is 0 Å². The molecule has 0 atom stereocenters. The molecule has 0 saturated carbocycles. The Bertz CT molecular complexity index is 201. The number of hydrogen-bond donors (Lipinski definition) is 0. The molecule has 10 heavy (non-hydrogen) atoms. The Balaban J connectivity index is 2.75. The van der Waals surface area contributed by atoms with Gasteiger partial charge in [0, 0.05) is 0 Å². The zero-order valence-electron chi connectivity index (χ0n) is 6.65. The predicted molar refractivity (Wildman–Crippen MR) is 44.0 cm³/mol. The van der Waals surface area contributed by atoms with E-state index in [4.69, 9.17) is 0 Å². The fourth-order valence-corrected chi connectivity index (χ4v) is 1.09. The first-order valence-corrected chi connectivity index (χ1v) is 3.80. The zero-order chi connectivity index (χ0) is 7.40. The topological polar surface area (TPSA) is 0 Å². The van der Waals surface area contributed by atoms with Gasteiger partial charge < -0.3 is 0 Å². The van der Waals surface area contributed by atoms with Crippen molar-refractivity contribution in [1.82, 2.24) is 0 Å². The van der Waals surface area contributed by atoms with Gasteiger partial charge in [0.15, 0.2) is 0 Å². The van der Waals surface area contributed by atoms with Crippen LogP contribution in [-0.2, 0) is 6.42 Å². The Morgan fingerprint density at radius 1 is 1.50 bits per heavy atom. The van der Waals surface area contributed by atoms with Gasteiger partial charge in [0.25, 0.3) is 0 Å². The highest BCUT2D eigenvalue weighted by molar-refractivity contribution is 5.20. The molecule has 0 aliphatic heterocycles. The van der Waals surface area contributed by atoms with Crippen LogP contribution in [0.4, 0.5) is 0 Å². The predicted octanol–water partition coefficient (Wildman–Crippen LogP) is 2.75. The molecular weight excluding hydrogens is 120 g/mol. The van der Waals surface area contributed by atoms with Crippen molar-refractivity contribution in [3.8, 4) is 0 Å². The van der Waals surface area contributed by atoms with Crippen LogP contribution in [0.15, 0.2) is 18.2 Å². The standard InChI is InChI=1S/C10H13/c1-3-5-10-7-4-6-9(2)8-10/h4,7-8H,3,5H2,1-2H3. The summed E-state index contributed by atoms with van der Waals surface area (Å²) >= 11 is 0. The second kappa shape index (κ2) is 3.40. The highest BCUT2D eigenvalue weighted by Crippen LogP contribution is 2.04. The molecule has 1 rings (SSSR count). The molecule has 0 N–H and O–H groups in total. The first kappa shape index (κ1) is 7.33. The summed E-state index contributed by atoms with van der Waals surface area (Å²) in [5.41, 5.74) is 2.67. The van der Waals surface area contributed by atoms with Gasteiger partial charge >= 0.3 is 0 Å². The van der Waals surface area contributed by atoms with Crippen molar-refractivity contribution in [2.45, 2.75) is 26.7 Å². The SMILES string of the molecule is CCCc1cc[c]c(C)c1. The lowest BCUT2D eigenvalue weighted by Gasteiger charge is -1.97. The average Bonchev–Trinajstić information content (AvgIpc) is 1.88. The van der Waals surface area contributed by atoms with Crippen molar-refractivity contribution in [3.63, 3.8) is 0 Å². The highest BCUT2D eigenvalue weighted by Gasteiger charge is 1.89. The van der Waals surface area contributed by atoms with E-state index in [0.717, 1.165) is 0 Å². The zero-order valence-corrected chi connectivity index (χ0v) is 6.65. The maximum absolute atomic E-state index is 3.13. The van der Waals surface area contributed by atoms with Crippen LogP contribution < -0.4 is 0 Å². The molecule has 0 nitrogen and oxygen atoms in total. The first-order chi connectivity index (χ1) is 4.83. The Morgan fingerprint density at radius 3 is 2.90 bits per heavy atom. The van der Waals surface area contributed by atoms with Crippen LogP contribution in [0.1, 0.15) is 24.5 Å². The van der Waals surface area contributed by atoms with Gasteiger partial charge in [0.2, 0.25) is 0 Å². The minimum absolute atomic E-state index is 1.19. The number of benzene rings is 1. The molecule has 0 aliphatic rings. The van der Waals surface area contributed by atoms with E-state index in [-0.39, 0.29) is 0 Å². The summed E-state index contributed by atoms with van der Waals surface area (Å²) in [4.78, 5) is 0. The third-order valence-corrected chi connectivity index (χ3v) is 1.55. The summed E-state index contributed by atoms with van der Waals surface area (Å²) in [6, 6.07) is 9.46. The van der Waals surface area contributed by atoms with Gasteiger partial charge in [-0.25, -0.2) is 0 Å². The van der Waals surface area contributed by atoms with Crippen LogP contribution in [0.3, 0.4) is 0 Å². The molecular formula is C10H13. The van der Waals surface area contributed by atoms with Gasteiger partial charge in [-0.15, -0.1) is 0 Å². The molecule has 0 bridgehead atoms. The minimum atomic E-state index is 1.19. The highest BCUT2D eigenvalue weighted by atomic mass is 13.9. The molecule has 0 aromatic heterocycles. The van der Waals surface area contributed by atoms with Crippen molar-refractivity contribution in [1.29, 1.82) is 0 Å². The van der Waals surface area contributed by atoms with E-state index in [1.807, 2.05) is 6.07 Å². The van der Waals surface area contributed by atoms with Crippen LogP contribution >= 0.6 is 0 Å².